The van der Waals surface area contributed by atoms with E-state index < -0.39 is 0 Å². The van der Waals surface area contributed by atoms with Crippen LogP contribution in [0.1, 0.15) is 51.9 Å². The van der Waals surface area contributed by atoms with Crippen LogP contribution in [0.3, 0.4) is 0 Å². The van der Waals surface area contributed by atoms with Crippen LogP contribution in [-0.4, -0.2) is 25.3 Å². The fourth-order valence-corrected chi connectivity index (χ4v) is 3.44. The van der Waals surface area contributed by atoms with Crippen molar-refractivity contribution >= 4 is 6.29 Å². The first-order valence-corrected chi connectivity index (χ1v) is 7.04. The standard InChI is InChI=1S/C14H24O3/c1-2-3-4-5-13-12(7-9-15)6-8-14(13)16-10-11-17-14/h9,12-13H,2-8,10-11H2,1H3. The van der Waals surface area contributed by atoms with Crippen LogP contribution in [-0.2, 0) is 14.3 Å². The summed E-state index contributed by atoms with van der Waals surface area (Å²) in [6.45, 7) is 3.66. The van der Waals surface area contributed by atoms with Gasteiger partial charge in [-0.2, -0.15) is 0 Å². The average Bonchev–Trinajstić information content (AvgIpc) is 2.92. The summed E-state index contributed by atoms with van der Waals surface area (Å²) in [5.41, 5.74) is 0. The lowest BCUT2D eigenvalue weighted by molar-refractivity contribution is -0.187. The molecule has 1 aliphatic heterocycles. The molecule has 1 spiro atoms. The molecule has 0 N–H and O–H groups in total. The first-order valence-electron chi connectivity index (χ1n) is 7.04. The largest absolute Gasteiger partial charge is 0.347 e. The van der Waals surface area contributed by atoms with Gasteiger partial charge in [-0.3, -0.25) is 0 Å². The van der Waals surface area contributed by atoms with Crippen LogP contribution in [0.25, 0.3) is 0 Å². The predicted octanol–water partition coefficient (Wildman–Crippen LogP) is 2.93. The van der Waals surface area contributed by atoms with E-state index in [1.165, 1.54) is 19.3 Å². The molecule has 0 amide bonds. The zero-order valence-corrected chi connectivity index (χ0v) is 10.8. The highest BCUT2D eigenvalue weighted by molar-refractivity contribution is 5.50. The first kappa shape index (κ1) is 13.0. The molecule has 1 aliphatic carbocycles. The Hall–Kier alpha value is -0.410. The summed E-state index contributed by atoms with van der Waals surface area (Å²) in [4.78, 5) is 10.8. The van der Waals surface area contributed by atoms with Crippen LogP contribution in [0, 0.1) is 11.8 Å². The van der Waals surface area contributed by atoms with Crippen molar-refractivity contribution in [3.63, 3.8) is 0 Å². The summed E-state index contributed by atoms with van der Waals surface area (Å²) >= 11 is 0. The Morgan fingerprint density at radius 3 is 2.71 bits per heavy atom. The minimum absolute atomic E-state index is 0.332. The maximum absolute atomic E-state index is 10.8. The molecule has 0 aromatic rings. The highest BCUT2D eigenvalue weighted by Crippen LogP contribution is 2.49. The molecular formula is C14H24O3. The Morgan fingerprint density at radius 1 is 1.29 bits per heavy atom. The minimum Gasteiger partial charge on any atom is -0.347 e. The topological polar surface area (TPSA) is 35.5 Å². The Bertz CT molecular complexity index is 246. The smallest absolute Gasteiger partial charge is 0.171 e. The van der Waals surface area contributed by atoms with Crippen molar-refractivity contribution in [1.29, 1.82) is 0 Å². The molecule has 0 radical (unpaired) electrons. The van der Waals surface area contributed by atoms with E-state index in [2.05, 4.69) is 6.92 Å². The van der Waals surface area contributed by atoms with Crippen LogP contribution in [0.2, 0.25) is 0 Å². The average molecular weight is 240 g/mol. The van der Waals surface area contributed by atoms with Crippen molar-refractivity contribution in [3.05, 3.63) is 0 Å². The van der Waals surface area contributed by atoms with Crippen molar-refractivity contribution in [1.82, 2.24) is 0 Å². The highest BCUT2D eigenvalue weighted by Gasteiger charge is 2.51. The molecule has 2 aliphatic rings. The van der Waals surface area contributed by atoms with E-state index in [-0.39, 0.29) is 5.79 Å². The summed E-state index contributed by atoms with van der Waals surface area (Å²) in [6, 6.07) is 0. The number of rotatable bonds is 6. The highest BCUT2D eigenvalue weighted by atomic mass is 16.7. The van der Waals surface area contributed by atoms with Crippen molar-refractivity contribution < 1.29 is 14.3 Å². The normalized spacial score (nSPS) is 31.1. The second-order valence-electron chi connectivity index (χ2n) is 5.31. The van der Waals surface area contributed by atoms with E-state index in [1.807, 2.05) is 0 Å². The van der Waals surface area contributed by atoms with Crippen LogP contribution in [0.15, 0.2) is 0 Å². The number of hydrogen-bond acceptors (Lipinski definition) is 3. The second kappa shape index (κ2) is 5.96. The molecular weight excluding hydrogens is 216 g/mol. The number of aldehydes is 1. The zero-order valence-electron chi connectivity index (χ0n) is 10.8. The maximum atomic E-state index is 10.8. The molecule has 0 aromatic carbocycles. The minimum atomic E-state index is -0.332. The number of unbranched alkanes of at least 4 members (excludes halogenated alkanes) is 2. The molecule has 3 nitrogen and oxygen atoms in total. The molecule has 1 heterocycles. The lowest BCUT2D eigenvalue weighted by atomic mass is 9.86. The summed E-state index contributed by atoms with van der Waals surface area (Å²) in [7, 11) is 0. The maximum Gasteiger partial charge on any atom is 0.171 e. The fourth-order valence-electron chi connectivity index (χ4n) is 3.44. The number of carbonyl (C=O) groups is 1. The molecule has 3 heteroatoms. The van der Waals surface area contributed by atoms with E-state index in [4.69, 9.17) is 9.47 Å². The third-order valence-electron chi connectivity index (χ3n) is 4.29. The molecule has 2 fully saturated rings. The predicted molar refractivity (Wildman–Crippen MR) is 65.7 cm³/mol. The number of ether oxygens (including phenoxy) is 2. The first-order chi connectivity index (χ1) is 8.32. The molecule has 2 rings (SSSR count). The van der Waals surface area contributed by atoms with Crippen molar-refractivity contribution in [2.45, 2.75) is 57.7 Å². The van der Waals surface area contributed by atoms with Gasteiger partial charge in [0.1, 0.15) is 6.29 Å². The van der Waals surface area contributed by atoms with Gasteiger partial charge in [-0.05, 0) is 18.8 Å². The Balaban J connectivity index is 1.98. The van der Waals surface area contributed by atoms with E-state index in [0.717, 1.165) is 38.8 Å². The molecule has 2 atom stereocenters. The van der Waals surface area contributed by atoms with Crippen LogP contribution < -0.4 is 0 Å². The van der Waals surface area contributed by atoms with Gasteiger partial charge in [-0.25, -0.2) is 0 Å². The molecule has 17 heavy (non-hydrogen) atoms. The van der Waals surface area contributed by atoms with Gasteiger partial charge in [0.2, 0.25) is 0 Å². The summed E-state index contributed by atoms with van der Waals surface area (Å²) < 4.78 is 11.8. The van der Waals surface area contributed by atoms with Crippen molar-refractivity contribution in [2.75, 3.05) is 13.2 Å². The van der Waals surface area contributed by atoms with Crippen LogP contribution >= 0.6 is 0 Å². The molecule has 1 saturated carbocycles. The monoisotopic (exact) mass is 240 g/mol. The Morgan fingerprint density at radius 2 is 2.06 bits per heavy atom. The van der Waals surface area contributed by atoms with Gasteiger partial charge in [0.05, 0.1) is 13.2 Å². The second-order valence-corrected chi connectivity index (χ2v) is 5.31. The third-order valence-corrected chi connectivity index (χ3v) is 4.29. The lowest BCUT2D eigenvalue weighted by Crippen LogP contribution is -2.36. The molecule has 2 unspecified atom stereocenters. The van der Waals surface area contributed by atoms with E-state index in [0.29, 0.717) is 18.3 Å². The van der Waals surface area contributed by atoms with Crippen LogP contribution in [0.5, 0.6) is 0 Å². The van der Waals surface area contributed by atoms with Gasteiger partial charge in [0, 0.05) is 18.8 Å². The fraction of sp³-hybridized carbons (Fsp3) is 0.929. The van der Waals surface area contributed by atoms with E-state index in [9.17, 15) is 4.79 Å². The summed E-state index contributed by atoms with van der Waals surface area (Å²) in [6.07, 6.45) is 8.66. The zero-order chi connectivity index (χ0) is 12.1. The Labute approximate surface area is 104 Å². The number of hydrogen-bond donors (Lipinski definition) is 0. The quantitative estimate of drug-likeness (QED) is 0.529. The van der Waals surface area contributed by atoms with E-state index in [1.54, 1.807) is 0 Å². The van der Waals surface area contributed by atoms with Crippen molar-refractivity contribution in [3.8, 4) is 0 Å². The van der Waals surface area contributed by atoms with Gasteiger partial charge < -0.3 is 14.3 Å². The van der Waals surface area contributed by atoms with Gasteiger partial charge >= 0.3 is 0 Å². The van der Waals surface area contributed by atoms with Gasteiger partial charge in [0.25, 0.3) is 0 Å². The molecule has 0 bridgehead atoms. The van der Waals surface area contributed by atoms with Crippen LogP contribution in [0.4, 0.5) is 0 Å². The number of carbonyl (C=O) groups excluding carboxylic acids is 1. The summed E-state index contributed by atoms with van der Waals surface area (Å²) in [5.74, 6) is 0.575. The Kier molecular flexibility index (Phi) is 4.57. The van der Waals surface area contributed by atoms with Gasteiger partial charge in [0.15, 0.2) is 5.79 Å². The molecule has 98 valence electrons. The third kappa shape index (κ3) is 2.71. The van der Waals surface area contributed by atoms with Crippen molar-refractivity contribution in [2.24, 2.45) is 11.8 Å². The van der Waals surface area contributed by atoms with Gasteiger partial charge in [-0.1, -0.05) is 26.2 Å². The van der Waals surface area contributed by atoms with Gasteiger partial charge in [-0.15, -0.1) is 0 Å². The van der Waals surface area contributed by atoms with E-state index >= 15 is 0 Å². The lowest BCUT2D eigenvalue weighted by Gasteiger charge is -2.31. The SMILES string of the molecule is CCCCCC1C(CC=O)CCC12OCCO2. The summed E-state index contributed by atoms with van der Waals surface area (Å²) in [5, 5.41) is 0. The molecule has 0 aromatic heterocycles. The molecule has 1 saturated heterocycles.